The Balaban J connectivity index is 2.19. The Bertz CT molecular complexity index is 581. The summed E-state index contributed by atoms with van der Waals surface area (Å²) < 4.78 is 5.15. The summed E-state index contributed by atoms with van der Waals surface area (Å²) in [6.45, 7) is 4.29. The second-order valence-electron chi connectivity index (χ2n) is 4.74. The van der Waals surface area contributed by atoms with Gasteiger partial charge in [0.2, 0.25) is 18.2 Å². The molecule has 0 saturated heterocycles. The van der Waals surface area contributed by atoms with Crippen LogP contribution in [0.15, 0.2) is 29.0 Å². The number of hydrogen-bond acceptors (Lipinski definition) is 5. The lowest BCUT2D eigenvalue weighted by molar-refractivity contribution is -0.119. The highest BCUT2D eigenvalue weighted by atomic mass is 16.4. The molecule has 0 aliphatic rings. The van der Waals surface area contributed by atoms with Crippen molar-refractivity contribution in [2.45, 2.75) is 20.3 Å². The van der Waals surface area contributed by atoms with Gasteiger partial charge in [-0.15, -0.1) is 10.2 Å². The monoisotopic (exact) mass is 274 g/mol. The molecule has 0 saturated carbocycles. The lowest BCUT2D eigenvalue weighted by atomic mass is 10.1. The predicted octanol–water partition coefficient (Wildman–Crippen LogP) is 1.97. The number of rotatable bonds is 5. The van der Waals surface area contributed by atoms with E-state index in [2.05, 4.69) is 15.5 Å². The second kappa shape index (κ2) is 6.29. The Kier molecular flexibility index (Phi) is 4.47. The summed E-state index contributed by atoms with van der Waals surface area (Å²) in [7, 11) is 0. The summed E-state index contributed by atoms with van der Waals surface area (Å²) in [5, 5.41) is 10.4. The molecular formula is C14H18N4O2. The quantitative estimate of drug-likeness (QED) is 0.869. The molecule has 1 aromatic carbocycles. The van der Waals surface area contributed by atoms with Crippen LogP contribution in [-0.2, 0) is 4.79 Å². The van der Waals surface area contributed by atoms with E-state index in [1.165, 1.54) is 6.39 Å². The number of benzene rings is 1. The number of carbonyl (C=O) groups excluding carboxylic acids is 1. The zero-order valence-electron chi connectivity index (χ0n) is 11.6. The first-order valence-electron chi connectivity index (χ1n) is 6.50. The van der Waals surface area contributed by atoms with Gasteiger partial charge in [-0.25, -0.2) is 0 Å². The molecule has 20 heavy (non-hydrogen) atoms. The highest BCUT2D eigenvalue weighted by molar-refractivity contribution is 5.93. The standard InChI is InChI=1S/C14H18N4O2/c1-9-3-4-11(14-18-16-8-20-14)7-12(9)17-13(19)10(2)5-6-15/h3-4,7-8,10H,5-6,15H2,1-2H3,(H,17,19). The first kappa shape index (κ1) is 14.2. The van der Waals surface area contributed by atoms with Gasteiger partial charge in [0, 0.05) is 17.2 Å². The molecule has 1 amide bonds. The molecule has 6 heteroatoms. The first-order chi connectivity index (χ1) is 9.61. The van der Waals surface area contributed by atoms with Crippen LogP contribution in [0.2, 0.25) is 0 Å². The van der Waals surface area contributed by atoms with Gasteiger partial charge in [-0.2, -0.15) is 0 Å². The van der Waals surface area contributed by atoms with E-state index in [9.17, 15) is 4.79 Å². The van der Waals surface area contributed by atoms with Gasteiger partial charge in [0.05, 0.1) is 0 Å². The van der Waals surface area contributed by atoms with Crippen LogP contribution in [0.4, 0.5) is 5.69 Å². The molecule has 2 aromatic rings. The Hall–Kier alpha value is -2.21. The van der Waals surface area contributed by atoms with Crippen molar-refractivity contribution in [2.75, 3.05) is 11.9 Å². The van der Waals surface area contributed by atoms with Crippen LogP contribution < -0.4 is 11.1 Å². The van der Waals surface area contributed by atoms with E-state index >= 15 is 0 Å². The van der Waals surface area contributed by atoms with E-state index in [4.69, 9.17) is 10.2 Å². The minimum atomic E-state index is -0.119. The van der Waals surface area contributed by atoms with Gasteiger partial charge in [0.15, 0.2) is 0 Å². The summed E-state index contributed by atoms with van der Waals surface area (Å²) in [4.78, 5) is 12.0. The fraction of sp³-hybridized carbons (Fsp3) is 0.357. The molecule has 6 nitrogen and oxygen atoms in total. The number of aryl methyl sites for hydroxylation is 1. The number of nitrogens with one attached hydrogen (secondary N) is 1. The summed E-state index contributed by atoms with van der Waals surface area (Å²) in [6, 6.07) is 5.61. The topological polar surface area (TPSA) is 94.0 Å². The molecule has 0 aliphatic heterocycles. The first-order valence-corrected chi connectivity index (χ1v) is 6.50. The lowest BCUT2D eigenvalue weighted by Gasteiger charge is -2.13. The second-order valence-corrected chi connectivity index (χ2v) is 4.74. The van der Waals surface area contributed by atoms with Crippen molar-refractivity contribution in [1.29, 1.82) is 0 Å². The highest BCUT2D eigenvalue weighted by Crippen LogP contribution is 2.24. The third-order valence-corrected chi connectivity index (χ3v) is 3.15. The van der Waals surface area contributed by atoms with Crippen molar-refractivity contribution in [3.8, 4) is 11.5 Å². The molecule has 2 rings (SSSR count). The average Bonchev–Trinajstić information content (AvgIpc) is 2.95. The molecule has 106 valence electrons. The number of amides is 1. The fourth-order valence-electron chi connectivity index (χ4n) is 1.83. The van der Waals surface area contributed by atoms with Crippen molar-refractivity contribution in [2.24, 2.45) is 11.7 Å². The van der Waals surface area contributed by atoms with Crippen LogP contribution in [0.1, 0.15) is 18.9 Å². The molecule has 0 radical (unpaired) electrons. The minimum absolute atomic E-state index is 0.0405. The third-order valence-electron chi connectivity index (χ3n) is 3.15. The zero-order chi connectivity index (χ0) is 14.5. The van der Waals surface area contributed by atoms with Gasteiger partial charge >= 0.3 is 0 Å². The molecule has 0 fully saturated rings. The smallest absolute Gasteiger partial charge is 0.247 e. The van der Waals surface area contributed by atoms with Crippen LogP contribution in [0, 0.1) is 12.8 Å². The van der Waals surface area contributed by atoms with Crippen LogP contribution in [-0.4, -0.2) is 22.6 Å². The largest absolute Gasteiger partial charge is 0.423 e. The summed E-state index contributed by atoms with van der Waals surface area (Å²) in [5.74, 6) is 0.267. The molecule has 1 unspecified atom stereocenters. The molecule has 0 aliphatic carbocycles. The van der Waals surface area contributed by atoms with E-state index in [1.807, 2.05) is 32.0 Å². The van der Waals surface area contributed by atoms with Crippen molar-refractivity contribution in [1.82, 2.24) is 10.2 Å². The van der Waals surface area contributed by atoms with Gasteiger partial charge in [-0.3, -0.25) is 4.79 Å². The molecular weight excluding hydrogens is 256 g/mol. The zero-order valence-corrected chi connectivity index (χ0v) is 11.6. The normalized spacial score (nSPS) is 12.2. The van der Waals surface area contributed by atoms with Crippen LogP contribution in [0.3, 0.4) is 0 Å². The van der Waals surface area contributed by atoms with Gasteiger partial charge < -0.3 is 15.5 Å². The Morgan fingerprint density at radius 1 is 1.50 bits per heavy atom. The molecule has 1 aromatic heterocycles. The number of nitrogens with zero attached hydrogens (tertiary/aromatic N) is 2. The van der Waals surface area contributed by atoms with Crippen molar-refractivity contribution in [3.63, 3.8) is 0 Å². The SMILES string of the molecule is Cc1ccc(-c2nnco2)cc1NC(=O)C(C)CCN. The van der Waals surface area contributed by atoms with Gasteiger partial charge in [0.1, 0.15) is 0 Å². The number of hydrogen-bond donors (Lipinski definition) is 2. The molecule has 1 atom stereocenters. The molecule has 3 N–H and O–H groups in total. The van der Waals surface area contributed by atoms with Crippen LogP contribution in [0.5, 0.6) is 0 Å². The Morgan fingerprint density at radius 2 is 2.30 bits per heavy atom. The number of aromatic nitrogens is 2. The molecule has 0 spiro atoms. The van der Waals surface area contributed by atoms with Gasteiger partial charge in [-0.1, -0.05) is 13.0 Å². The van der Waals surface area contributed by atoms with E-state index < -0.39 is 0 Å². The third kappa shape index (κ3) is 3.21. The number of carbonyl (C=O) groups is 1. The Labute approximate surface area is 117 Å². The summed E-state index contributed by atoms with van der Waals surface area (Å²) in [5.41, 5.74) is 7.96. The Morgan fingerprint density at radius 3 is 2.95 bits per heavy atom. The summed E-state index contributed by atoms with van der Waals surface area (Å²) in [6.07, 6.45) is 1.94. The fourth-order valence-corrected chi connectivity index (χ4v) is 1.83. The highest BCUT2D eigenvalue weighted by Gasteiger charge is 2.14. The van der Waals surface area contributed by atoms with Crippen molar-refractivity contribution < 1.29 is 9.21 Å². The van der Waals surface area contributed by atoms with Crippen molar-refractivity contribution in [3.05, 3.63) is 30.2 Å². The lowest BCUT2D eigenvalue weighted by Crippen LogP contribution is -2.23. The predicted molar refractivity (Wildman–Crippen MR) is 75.9 cm³/mol. The molecule has 1 heterocycles. The van der Waals surface area contributed by atoms with Crippen LogP contribution >= 0.6 is 0 Å². The maximum absolute atomic E-state index is 12.0. The van der Waals surface area contributed by atoms with Gasteiger partial charge in [0.25, 0.3) is 0 Å². The van der Waals surface area contributed by atoms with E-state index in [0.717, 1.165) is 16.8 Å². The number of anilines is 1. The van der Waals surface area contributed by atoms with Crippen LogP contribution in [0.25, 0.3) is 11.5 Å². The van der Waals surface area contributed by atoms with E-state index in [-0.39, 0.29) is 11.8 Å². The molecule has 0 bridgehead atoms. The van der Waals surface area contributed by atoms with Gasteiger partial charge in [-0.05, 0) is 37.6 Å². The number of nitrogens with two attached hydrogens (primary N) is 1. The maximum atomic E-state index is 12.0. The van der Waals surface area contributed by atoms with E-state index in [0.29, 0.717) is 18.9 Å². The summed E-state index contributed by atoms with van der Waals surface area (Å²) >= 11 is 0. The van der Waals surface area contributed by atoms with Crippen molar-refractivity contribution >= 4 is 11.6 Å². The average molecular weight is 274 g/mol. The minimum Gasteiger partial charge on any atom is -0.423 e. The van der Waals surface area contributed by atoms with E-state index in [1.54, 1.807) is 0 Å². The maximum Gasteiger partial charge on any atom is 0.247 e.